The molecule has 2 aliphatic rings. The monoisotopic (exact) mass is 303 g/mol. The van der Waals surface area contributed by atoms with Crippen molar-refractivity contribution in [2.45, 2.75) is 64.1 Å². The summed E-state index contributed by atoms with van der Waals surface area (Å²) in [6, 6.07) is 3.18. The Balaban J connectivity index is 1.64. The Bertz CT molecular complexity index is 710. The minimum atomic E-state index is 0.0657. The molecule has 2 heterocycles. The summed E-state index contributed by atoms with van der Waals surface area (Å²) in [5, 5.41) is 2.00. The number of hydrogen-bond acceptors (Lipinski definition) is 4. The van der Waals surface area contributed by atoms with Gasteiger partial charge in [-0.25, -0.2) is 4.98 Å². The molecule has 0 bridgehead atoms. The zero-order valence-corrected chi connectivity index (χ0v) is 13.2. The normalized spacial score (nSPS) is 19.9. The smallest absolute Gasteiger partial charge is 0.259 e. The first-order chi connectivity index (χ1) is 10.2. The highest BCUT2D eigenvalue weighted by atomic mass is 32.1. The number of aryl methyl sites for hydroxylation is 1. The third-order valence-electron chi connectivity index (χ3n) is 4.78. The molecular weight excluding hydrogens is 282 g/mol. The van der Waals surface area contributed by atoms with Crippen LogP contribution in [0.15, 0.2) is 16.2 Å². The molecule has 0 spiro atoms. The second-order valence-electron chi connectivity index (χ2n) is 6.42. The lowest BCUT2D eigenvalue weighted by Crippen LogP contribution is -2.35. The first-order valence-electron chi connectivity index (χ1n) is 7.95. The Hall–Kier alpha value is -1.20. The van der Waals surface area contributed by atoms with Gasteiger partial charge in [0.1, 0.15) is 0 Å². The molecule has 0 aliphatic heterocycles. The lowest BCUT2D eigenvalue weighted by Gasteiger charge is -2.28. The number of nitrogens with zero attached hydrogens (tertiary/aromatic N) is 3. The van der Waals surface area contributed by atoms with Gasteiger partial charge in [-0.1, -0.05) is 12.8 Å². The van der Waals surface area contributed by atoms with Crippen molar-refractivity contribution in [1.82, 2.24) is 14.3 Å². The molecule has 112 valence electrons. The van der Waals surface area contributed by atoms with Crippen molar-refractivity contribution in [2.75, 3.05) is 0 Å². The number of thiazole rings is 1. The van der Waals surface area contributed by atoms with Crippen LogP contribution in [0.1, 0.15) is 49.9 Å². The molecule has 2 aromatic heterocycles. The van der Waals surface area contributed by atoms with Crippen molar-refractivity contribution >= 4 is 16.3 Å². The standard InChI is InChI=1S/C16H21N3OS/c1-11-10-21-16-17-12(8-15(20)19(11)16)9-18(14-6-7-14)13-4-2-3-5-13/h8,10,13-14H,2-7,9H2,1H3. The summed E-state index contributed by atoms with van der Waals surface area (Å²) in [5.41, 5.74) is 1.99. The molecule has 5 heteroatoms. The van der Waals surface area contributed by atoms with E-state index in [1.165, 1.54) is 38.5 Å². The van der Waals surface area contributed by atoms with Gasteiger partial charge in [-0.15, -0.1) is 11.3 Å². The zero-order valence-electron chi connectivity index (χ0n) is 12.4. The Kier molecular flexibility index (Phi) is 3.34. The van der Waals surface area contributed by atoms with Gasteiger partial charge < -0.3 is 0 Å². The molecule has 2 fully saturated rings. The van der Waals surface area contributed by atoms with Gasteiger partial charge >= 0.3 is 0 Å². The van der Waals surface area contributed by atoms with E-state index in [1.54, 1.807) is 21.8 Å². The molecule has 0 atom stereocenters. The van der Waals surface area contributed by atoms with Crippen LogP contribution >= 0.6 is 11.3 Å². The van der Waals surface area contributed by atoms with E-state index in [2.05, 4.69) is 4.90 Å². The van der Waals surface area contributed by atoms with Crippen LogP contribution in [0.25, 0.3) is 4.96 Å². The quantitative estimate of drug-likeness (QED) is 0.871. The fourth-order valence-corrected chi connectivity index (χ4v) is 4.46. The summed E-state index contributed by atoms with van der Waals surface area (Å²) in [5.74, 6) is 0. The Labute approximate surface area is 128 Å². The first-order valence-corrected chi connectivity index (χ1v) is 8.83. The van der Waals surface area contributed by atoms with Crippen LogP contribution in [0.4, 0.5) is 0 Å². The second kappa shape index (κ2) is 5.21. The average molecular weight is 303 g/mol. The van der Waals surface area contributed by atoms with Gasteiger partial charge in [-0.05, 0) is 32.6 Å². The Morgan fingerprint density at radius 3 is 2.71 bits per heavy atom. The molecule has 0 aromatic carbocycles. The van der Waals surface area contributed by atoms with E-state index in [9.17, 15) is 4.79 Å². The highest BCUT2D eigenvalue weighted by Gasteiger charge is 2.35. The second-order valence-corrected chi connectivity index (χ2v) is 7.26. The van der Waals surface area contributed by atoms with Crippen molar-refractivity contribution in [3.8, 4) is 0 Å². The van der Waals surface area contributed by atoms with Crippen molar-refractivity contribution in [3.05, 3.63) is 33.2 Å². The predicted molar refractivity (Wildman–Crippen MR) is 84.9 cm³/mol. The molecule has 0 unspecified atom stereocenters. The third kappa shape index (κ3) is 2.53. The molecule has 0 N–H and O–H groups in total. The van der Waals surface area contributed by atoms with E-state index in [4.69, 9.17) is 4.98 Å². The predicted octanol–water partition coefficient (Wildman–Crippen LogP) is 2.97. The maximum Gasteiger partial charge on any atom is 0.259 e. The summed E-state index contributed by atoms with van der Waals surface area (Å²) in [4.78, 5) is 20.4. The van der Waals surface area contributed by atoms with Crippen LogP contribution in [-0.2, 0) is 6.54 Å². The van der Waals surface area contributed by atoms with E-state index in [-0.39, 0.29) is 5.56 Å². The summed E-state index contributed by atoms with van der Waals surface area (Å²) in [7, 11) is 0. The fraction of sp³-hybridized carbons (Fsp3) is 0.625. The molecule has 2 saturated carbocycles. The molecule has 0 saturated heterocycles. The van der Waals surface area contributed by atoms with Crippen LogP contribution in [0.3, 0.4) is 0 Å². The summed E-state index contributed by atoms with van der Waals surface area (Å²) in [6.45, 7) is 2.80. The van der Waals surface area contributed by atoms with Crippen molar-refractivity contribution in [2.24, 2.45) is 0 Å². The van der Waals surface area contributed by atoms with Gasteiger partial charge in [-0.2, -0.15) is 0 Å². The summed E-state index contributed by atoms with van der Waals surface area (Å²) >= 11 is 1.56. The van der Waals surface area contributed by atoms with E-state index in [1.807, 2.05) is 12.3 Å². The van der Waals surface area contributed by atoms with Crippen LogP contribution in [0.5, 0.6) is 0 Å². The molecule has 2 aliphatic carbocycles. The van der Waals surface area contributed by atoms with Gasteiger partial charge in [0, 0.05) is 35.8 Å². The van der Waals surface area contributed by atoms with Crippen molar-refractivity contribution in [3.63, 3.8) is 0 Å². The maximum atomic E-state index is 12.3. The zero-order chi connectivity index (χ0) is 14.4. The molecule has 0 amide bonds. The first kappa shape index (κ1) is 13.5. The minimum absolute atomic E-state index is 0.0657. The molecule has 4 rings (SSSR count). The average Bonchev–Trinajstić information content (AvgIpc) is 3.01. The maximum absolute atomic E-state index is 12.3. The molecule has 2 aromatic rings. The van der Waals surface area contributed by atoms with Crippen LogP contribution in [0, 0.1) is 6.92 Å². The highest BCUT2D eigenvalue weighted by Crippen LogP contribution is 2.35. The topological polar surface area (TPSA) is 37.6 Å². The fourth-order valence-electron chi connectivity index (χ4n) is 3.57. The van der Waals surface area contributed by atoms with E-state index >= 15 is 0 Å². The van der Waals surface area contributed by atoms with Gasteiger partial charge in [0.05, 0.1) is 5.69 Å². The lowest BCUT2D eigenvalue weighted by atomic mass is 10.2. The Morgan fingerprint density at radius 2 is 2.00 bits per heavy atom. The molecule has 21 heavy (non-hydrogen) atoms. The van der Waals surface area contributed by atoms with Gasteiger partial charge in [0.25, 0.3) is 5.56 Å². The molecule has 4 nitrogen and oxygen atoms in total. The lowest BCUT2D eigenvalue weighted by molar-refractivity contribution is 0.177. The number of rotatable bonds is 4. The summed E-state index contributed by atoms with van der Waals surface area (Å²) < 4.78 is 1.71. The van der Waals surface area contributed by atoms with E-state index < -0.39 is 0 Å². The minimum Gasteiger partial charge on any atom is -0.292 e. The van der Waals surface area contributed by atoms with Gasteiger partial charge in [-0.3, -0.25) is 14.1 Å². The van der Waals surface area contributed by atoms with E-state index in [0.29, 0.717) is 6.04 Å². The molecule has 0 radical (unpaired) electrons. The van der Waals surface area contributed by atoms with Crippen LogP contribution in [-0.4, -0.2) is 26.4 Å². The van der Waals surface area contributed by atoms with Crippen LogP contribution in [0.2, 0.25) is 0 Å². The third-order valence-corrected chi connectivity index (χ3v) is 5.73. The van der Waals surface area contributed by atoms with Crippen molar-refractivity contribution < 1.29 is 0 Å². The van der Waals surface area contributed by atoms with Gasteiger partial charge in [0.15, 0.2) is 4.96 Å². The van der Waals surface area contributed by atoms with Crippen LogP contribution < -0.4 is 5.56 Å². The summed E-state index contributed by atoms with van der Waals surface area (Å²) in [6.07, 6.45) is 7.97. The van der Waals surface area contributed by atoms with Gasteiger partial charge in [0.2, 0.25) is 0 Å². The number of aromatic nitrogens is 2. The molecular formula is C16H21N3OS. The number of fused-ring (bicyclic) bond motifs is 1. The largest absolute Gasteiger partial charge is 0.292 e. The van der Waals surface area contributed by atoms with E-state index in [0.717, 1.165) is 28.9 Å². The SMILES string of the molecule is Cc1csc2nc(CN(C3CCCC3)C3CC3)cc(=O)n12. The number of hydrogen-bond donors (Lipinski definition) is 0. The van der Waals surface area contributed by atoms with Crippen molar-refractivity contribution in [1.29, 1.82) is 0 Å². The Morgan fingerprint density at radius 1 is 1.29 bits per heavy atom. The highest BCUT2D eigenvalue weighted by molar-refractivity contribution is 7.15.